The summed E-state index contributed by atoms with van der Waals surface area (Å²) in [5.74, 6) is 1.07. The Morgan fingerprint density at radius 1 is 1.04 bits per heavy atom. The fraction of sp³-hybridized carbons (Fsp3) is 0.303. The smallest absolute Gasteiger partial charge is 0.406 e. The van der Waals surface area contributed by atoms with Crippen LogP contribution in [-0.4, -0.2) is 63.4 Å². The molecular weight excluding hydrogens is 631 g/mol. The van der Waals surface area contributed by atoms with Gasteiger partial charge in [0.1, 0.15) is 5.75 Å². The van der Waals surface area contributed by atoms with E-state index < -0.39 is 6.36 Å². The van der Waals surface area contributed by atoms with Crippen LogP contribution in [-0.2, 0) is 9.53 Å². The number of halogens is 3. The molecular formula is C33H32F3N7O3S. The molecule has 0 bridgehead atoms. The van der Waals surface area contributed by atoms with Gasteiger partial charge in [0, 0.05) is 24.8 Å². The first kappa shape index (κ1) is 32.3. The Balaban J connectivity index is 1.22. The average Bonchev–Trinajstić information content (AvgIpc) is 3.64. The van der Waals surface area contributed by atoms with Gasteiger partial charge in [0.25, 0.3) is 0 Å². The van der Waals surface area contributed by atoms with Crippen molar-refractivity contribution in [2.24, 2.45) is 10.2 Å². The third-order valence-electron chi connectivity index (χ3n) is 7.56. The molecule has 0 radical (unpaired) electrons. The summed E-state index contributed by atoms with van der Waals surface area (Å²) in [6.07, 6.45) is -1.60. The van der Waals surface area contributed by atoms with Crippen molar-refractivity contribution in [1.82, 2.24) is 14.8 Å². The highest BCUT2D eigenvalue weighted by atomic mass is 32.2. The predicted molar refractivity (Wildman–Crippen MR) is 176 cm³/mol. The van der Waals surface area contributed by atoms with Crippen molar-refractivity contribution in [3.05, 3.63) is 83.9 Å². The van der Waals surface area contributed by atoms with Crippen molar-refractivity contribution in [2.45, 2.75) is 45.0 Å². The Kier molecular flexibility index (Phi) is 9.59. The minimum atomic E-state index is -4.78. The molecule has 0 unspecified atom stereocenters. The summed E-state index contributed by atoms with van der Waals surface area (Å²) in [5.41, 5.74) is 3.91. The average molecular weight is 664 g/mol. The number of carbonyl (C=O) groups is 1. The Morgan fingerprint density at radius 3 is 2.47 bits per heavy atom. The lowest BCUT2D eigenvalue weighted by Gasteiger charge is -2.23. The number of alkyl halides is 3. The highest BCUT2D eigenvalue weighted by molar-refractivity contribution is 8.15. The van der Waals surface area contributed by atoms with Crippen LogP contribution in [0.4, 0.5) is 24.8 Å². The SMILES string of the molecule is CC(C)c1ccccc1N1C(=O)CSC1=NN=Cc1ccc(-c2nc(NC3CCOCC3)n(-c3ccc(OC(F)(F)F)cc3)n2)cc1. The number of carbonyl (C=O) groups excluding carboxylic acids is 1. The van der Waals surface area contributed by atoms with E-state index in [0.29, 0.717) is 41.6 Å². The van der Waals surface area contributed by atoms with Crippen LogP contribution in [0.15, 0.2) is 83.0 Å². The molecule has 2 saturated heterocycles. The number of hydrogen-bond donors (Lipinski definition) is 1. The maximum absolute atomic E-state index is 12.8. The molecule has 10 nitrogen and oxygen atoms in total. The first-order chi connectivity index (χ1) is 22.6. The number of ether oxygens (including phenoxy) is 2. The van der Waals surface area contributed by atoms with Gasteiger partial charge in [-0.2, -0.15) is 14.8 Å². The standard InChI is InChI=1S/C33H32F3N7O3S/c1-21(2)27-5-3-4-6-28(27)42-29(44)20-47-32(42)40-37-19-22-7-9-23(10-8-22)30-39-31(38-24-15-17-45-18-16-24)43(41-30)25-11-13-26(14-12-25)46-33(34,35)36/h3-14,19,21,24H,15-18,20H2,1-2H3,(H,38,39,41). The van der Waals surface area contributed by atoms with Gasteiger partial charge >= 0.3 is 6.36 Å². The molecule has 1 amide bonds. The summed E-state index contributed by atoms with van der Waals surface area (Å²) in [6.45, 7) is 5.41. The van der Waals surface area contributed by atoms with E-state index in [1.165, 1.54) is 36.0 Å². The van der Waals surface area contributed by atoms with Gasteiger partial charge in [0.05, 0.1) is 23.3 Å². The molecule has 14 heteroatoms. The third kappa shape index (κ3) is 7.83. The first-order valence-electron chi connectivity index (χ1n) is 15.1. The van der Waals surface area contributed by atoms with E-state index in [0.717, 1.165) is 35.2 Å². The number of nitrogens with one attached hydrogen (secondary N) is 1. The van der Waals surface area contributed by atoms with Gasteiger partial charge in [-0.3, -0.25) is 9.69 Å². The third-order valence-corrected chi connectivity index (χ3v) is 8.47. The number of anilines is 2. The number of thioether (sulfide) groups is 1. The molecule has 3 aromatic carbocycles. The van der Waals surface area contributed by atoms with Gasteiger partial charge in [0.2, 0.25) is 11.9 Å². The van der Waals surface area contributed by atoms with Crippen molar-refractivity contribution in [3.63, 3.8) is 0 Å². The van der Waals surface area contributed by atoms with Crippen LogP contribution in [0.3, 0.4) is 0 Å². The van der Waals surface area contributed by atoms with Crippen LogP contribution in [0.1, 0.15) is 43.7 Å². The van der Waals surface area contributed by atoms with Crippen LogP contribution >= 0.6 is 11.8 Å². The number of aromatic nitrogens is 3. The van der Waals surface area contributed by atoms with Crippen LogP contribution in [0.25, 0.3) is 17.1 Å². The number of amidine groups is 1. The molecule has 1 N–H and O–H groups in total. The number of para-hydroxylation sites is 1. The zero-order chi connectivity index (χ0) is 33.0. The van der Waals surface area contributed by atoms with Gasteiger partial charge in [0.15, 0.2) is 11.0 Å². The van der Waals surface area contributed by atoms with E-state index in [4.69, 9.17) is 9.72 Å². The number of nitrogens with zero attached hydrogens (tertiary/aromatic N) is 6. The lowest BCUT2D eigenvalue weighted by molar-refractivity contribution is -0.274. The summed E-state index contributed by atoms with van der Waals surface area (Å²) >= 11 is 1.35. The van der Waals surface area contributed by atoms with Crippen LogP contribution in [0.5, 0.6) is 5.75 Å². The van der Waals surface area contributed by atoms with E-state index in [1.54, 1.807) is 15.8 Å². The van der Waals surface area contributed by atoms with Crippen molar-refractivity contribution in [2.75, 3.05) is 29.2 Å². The topological polar surface area (TPSA) is 106 Å². The van der Waals surface area contributed by atoms with Gasteiger partial charge in [-0.1, -0.05) is 68.1 Å². The van der Waals surface area contributed by atoms with Crippen LogP contribution in [0, 0.1) is 0 Å². The molecule has 0 spiro atoms. The Morgan fingerprint density at radius 2 is 1.77 bits per heavy atom. The van der Waals surface area contributed by atoms with Gasteiger partial charge in [-0.15, -0.1) is 23.4 Å². The predicted octanol–water partition coefficient (Wildman–Crippen LogP) is 7.02. The highest BCUT2D eigenvalue weighted by Crippen LogP contribution is 2.33. The maximum Gasteiger partial charge on any atom is 0.573 e. The molecule has 244 valence electrons. The minimum Gasteiger partial charge on any atom is -0.406 e. The van der Waals surface area contributed by atoms with Crippen molar-refractivity contribution < 1.29 is 27.4 Å². The van der Waals surface area contributed by atoms with E-state index in [9.17, 15) is 18.0 Å². The summed E-state index contributed by atoms with van der Waals surface area (Å²) in [6, 6.07) is 20.8. The summed E-state index contributed by atoms with van der Waals surface area (Å²) < 4.78 is 49.1. The van der Waals surface area contributed by atoms with Gasteiger partial charge in [-0.05, 0) is 60.2 Å². The number of hydrogen-bond acceptors (Lipinski definition) is 9. The summed E-state index contributed by atoms with van der Waals surface area (Å²) in [7, 11) is 0. The lowest BCUT2D eigenvalue weighted by atomic mass is 10.0. The summed E-state index contributed by atoms with van der Waals surface area (Å²) in [5, 5.41) is 17.3. The lowest BCUT2D eigenvalue weighted by Crippen LogP contribution is -2.30. The molecule has 0 saturated carbocycles. The number of benzene rings is 3. The van der Waals surface area contributed by atoms with Crippen LogP contribution < -0.4 is 15.0 Å². The molecule has 47 heavy (non-hydrogen) atoms. The second-order valence-corrected chi connectivity index (χ2v) is 12.2. The van der Waals surface area contributed by atoms with E-state index in [2.05, 4.69) is 39.2 Å². The first-order valence-corrected chi connectivity index (χ1v) is 16.1. The Labute approximate surface area is 273 Å². The Bertz CT molecular complexity index is 1770. The number of rotatable bonds is 9. The van der Waals surface area contributed by atoms with E-state index in [-0.39, 0.29) is 23.6 Å². The quantitative estimate of drug-likeness (QED) is 0.152. The maximum atomic E-state index is 12.8. The fourth-order valence-electron chi connectivity index (χ4n) is 5.24. The second kappa shape index (κ2) is 14.0. The molecule has 6 rings (SSSR count). The van der Waals surface area contributed by atoms with Crippen molar-refractivity contribution in [3.8, 4) is 22.8 Å². The molecule has 0 aliphatic carbocycles. The molecule has 2 aliphatic heterocycles. The van der Waals surface area contributed by atoms with E-state index in [1.807, 2.05) is 48.5 Å². The van der Waals surface area contributed by atoms with Gasteiger partial charge in [-0.25, -0.2) is 0 Å². The molecule has 0 atom stereocenters. The molecule has 2 fully saturated rings. The zero-order valence-electron chi connectivity index (χ0n) is 25.6. The molecule has 2 aliphatic rings. The molecule has 3 heterocycles. The number of amides is 1. The highest BCUT2D eigenvalue weighted by Gasteiger charge is 2.32. The van der Waals surface area contributed by atoms with E-state index >= 15 is 0 Å². The van der Waals surface area contributed by atoms with Crippen LogP contribution in [0.2, 0.25) is 0 Å². The molecule has 1 aromatic heterocycles. The zero-order valence-corrected chi connectivity index (χ0v) is 26.5. The Hall–Kier alpha value is -4.69. The normalized spacial score (nSPS) is 16.9. The van der Waals surface area contributed by atoms with Crippen molar-refractivity contribution >= 4 is 40.7 Å². The minimum absolute atomic E-state index is 0.0374. The summed E-state index contributed by atoms with van der Waals surface area (Å²) in [4.78, 5) is 19.1. The fourth-order valence-corrected chi connectivity index (χ4v) is 6.05. The molecule has 4 aromatic rings. The largest absolute Gasteiger partial charge is 0.573 e. The van der Waals surface area contributed by atoms with Gasteiger partial charge < -0.3 is 14.8 Å². The van der Waals surface area contributed by atoms with Crippen molar-refractivity contribution in [1.29, 1.82) is 0 Å². The second-order valence-electron chi connectivity index (χ2n) is 11.2. The monoisotopic (exact) mass is 663 g/mol.